The normalized spacial score (nSPS) is 15.8. The number of benzene rings is 3. The Bertz CT molecular complexity index is 1400. The SMILES string of the molecule is O=C(Nc1ccc(-c2nc(-c3ccccc3)no2)cc1)C1CC(=O)N(c2cccc(C(F)(F)F)c2)C1. The third-order valence-electron chi connectivity index (χ3n) is 5.84. The number of carbonyl (C=O) groups is 2. The third-order valence-corrected chi connectivity index (χ3v) is 5.84. The van der Waals surface area contributed by atoms with Gasteiger partial charge in [-0.15, -0.1) is 0 Å². The quantitative estimate of drug-likeness (QED) is 0.402. The maximum atomic E-state index is 13.0. The van der Waals surface area contributed by atoms with Crippen molar-refractivity contribution in [2.24, 2.45) is 5.92 Å². The zero-order valence-corrected chi connectivity index (χ0v) is 18.7. The summed E-state index contributed by atoms with van der Waals surface area (Å²) in [5.74, 6) is -0.717. The summed E-state index contributed by atoms with van der Waals surface area (Å²) in [6.07, 6.45) is -4.61. The summed E-state index contributed by atoms with van der Waals surface area (Å²) in [7, 11) is 0. The summed E-state index contributed by atoms with van der Waals surface area (Å²) in [6, 6.07) is 20.7. The van der Waals surface area contributed by atoms with Crippen LogP contribution in [0.4, 0.5) is 24.5 Å². The molecule has 1 aliphatic heterocycles. The standard InChI is InChI=1S/C26H19F3N4O3/c27-26(28,29)19-7-4-8-21(14-19)33-15-18(13-22(33)34)24(35)30-20-11-9-17(10-12-20)25-31-23(32-36-25)16-5-2-1-3-6-16/h1-12,14,18H,13,15H2,(H,30,35). The second-order valence-corrected chi connectivity index (χ2v) is 8.31. The van der Waals surface area contributed by atoms with Gasteiger partial charge in [-0.05, 0) is 42.5 Å². The van der Waals surface area contributed by atoms with Crippen molar-refractivity contribution < 1.29 is 27.3 Å². The Kier molecular flexibility index (Phi) is 6.01. The fourth-order valence-electron chi connectivity index (χ4n) is 3.97. The molecule has 1 fully saturated rings. The molecule has 0 spiro atoms. The number of rotatable bonds is 5. The zero-order chi connectivity index (χ0) is 25.3. The molecule has 182 valence electrons. The molecule has 7 nitrogen and oxygen atoms in total. The molecule has 4 aromatic rings. The minimum absolute atomic E-state index is 0.00565. The highest BCUT2D eigenvalue weighted by molar-refractivity contribution is 6.03. The molecule has 3 aromatic carbocycles. The van der Waals surface area contributed by atoms with Crippen LogP contribution in [0.2, 0.25) is 0 Å². The van der Waals surface area contributed by atoms with Crippen LogP contribution >= 0.6 is 0 Å². The molecule has 1 aliphatic rings. The monoisotopic (exact) mass is 492 g/mol. The van der Waals surface area contributed by atoms with Crippen LogP contribution in [-0.2, 0) is 15.8 Å². The van der Waals surface area contributed by atoms with Gasteiger partial charge in [0.15, 0.2) is 0 Å². The number of anilines is 2. The van der Waals surface area contributed by atoms with Crippen LogP contribution in [0.25, 0.3) is 22.8 Å². The van der Waals surface area contributed by atoms with E-state index in [1.54, 1.807) is 24.3 Å². The molecule has 2 amide bonds. The first-order chi connectivity index (χ1) is 17.3. The van der Waals surface area contributed by atoms with E-state index in [0.29, 0.717) is 23.0 Å². The van der Waals surface area contributed by atoms with Gasteiger partial charge >= 0.3 is 6.18 Å². The molecular weight excluding hydrogens is 473 g/mol. The average molecular weight is 492 g/mol. The van der Waals surface area contributed by atoms with Gasteiger partial charge in [-0.1, -0.05) is 41.6 Å². The van der Waals surface area contributed by atoms with E-state index in [-0.39, 0.29) is 18.7 Å². The second-order valence-electron chi connectivity index (χ2n) is 8.31. The molecule has 0 aliphatic carbocycles. The van der Waals surface area contributed by atoms with Gasteiger partial charge in [-0.2, -0.15) is 18.2 Å². The van der Waals surface area contributed by atoms with E-state index in [2.05, 4.69) is 15.5 Å². The molecule has 0 bridgehead atoms. The van der Waals surface area contributed by atoms with Gasteiger partial charge in [0.25, 0.3) is 5.89 Å². The van der Waals surface area contributed by atoms with Crippen LogP contribution in [0, 0.1) is 5.92 Å². The summed E-state index contributed by atoms with van der Waals surface area (Å²) in [5.41, 5.74) is 1.24. The van der Waals surface area contributed by atoms with Crippen LogP contribution in [0.1, 0.15) is 12.0 Å². The Morgan fingerprint density at radius 3 is 2.44 bits per heavy atom. The molecule has 1 N–H and O–H groups in total. The molecule has 1 atom stereocenters. The van der Waals surface area contributed by atoms with E-state index in [0.717, 1.165) is 17.7 Å². The number of halogens is 3. The largest absolute Gasteiger partial charge is 0.416 e. The first-order valence-corrected chi connectivity index (χ1v) is 11.1. The van der Waals surface area contributed by atoms with E-state index in [1.807, 2.05) is 30.3 Å². The highest BCUT2D eigenvalue weighted by Crippen LogP contribution is 2.34. The lowest BCUT2D eigenvalue weighted by molar-refractivity contribution is -0.137. The molecule has 0 saturated carbocycles. The van der Waals surface area contributed by atoms with Crippen molar-refractivity contribution in [1.29, 1.82) is 0 Å². The Labute approximate surface area is 203 Å². The summed E-state index contributed by atoms with van der Waals surface area (Å²) >= 11 is 0. The smallest absolute Gasteiger partial charge is 0.334 e. The van der Waals surface area contributed by atoms with Crippen molar-refractivity contribution in [2.75, 3.05) is 16.8 Å². The molecule has 1 unspecified atom stereocenters. The fraction of sp³-hybridized carbons (Fsp3) is 0.154. The minimum Gasteiger partial charge on any atom is -0.334 e. The van der Waals surface area contributed by atoms with Gasteiger partial charge in [-0.3, -0.25) is 9.59 Å². The Balaban J connectivity index is 1.24. The maximum Gasteiger partial charge on any atom is 0.416 e. The molecule has 2 heterocycles. The van der Waals surface area contributed by atoms with Crippen LogP contribution in [0.3, 0.4) is 0 Å². The number of hydrogen-bond acceptors (Lipinski definition) is 5. The Hall–Kier alpha value is -4.47. The van der Waals surface area contributed by atoms with Crippen LogP contribution in [0.15, 0.2) is 83.4 Å². The van der Waals surface area contributed by atoms with E-state index < -0.39 is 29.5 Å². The molecule has 10 heteroatoms. The second kappa shape index (κ2) is 9.29. The van der Waals surface area contributed by atoms with Gasteiger partial charge in [0.2, 0.25) is 17.6 Å². The van der Waals surface area contributed by atoms with Crippen molar-refractivity contribution in [3.8, 4) is 22.8 Å². The molecule has 1 saturated heterocycles. The Morgan fingerprint density at radius 2 is 1.72 bits per heavy atom. The van der Waals surface area contributed by atoms with Crippen molar-refractivity contribution in [2.45, 2.75) is 12.6 Å². The topological polar surface area (TPSA) is 88.3 Å². The van der Waals surface area contributed by atoms with E-state index >= 15 is 0 Å². The van der Waals surface area contributed by atoms with Gasteiger partial charge in [0, 0.05) is 35.5 Å². The third kappa shape index (κ3) is 4.83. The predicted octanol–water partition coefficient (Wildman–Crippen LogP) is 5.41. The first kappa shape index (κ1) is 23.3. The van der Waals surface area contributed by atoms with Gasteiger partial charge < -0.3 is 14.7 Å². The highest BCUT2D eigenvalue weighted by atomic mass is 19.4. The fourth-order valence-corrected chi connectivity index (χ4v) is 3.97. The lowest BCUT2D eigenvalue weighted by atomic mass is 10.1. The van der Waals surface area contributed by atoms with Crippen molar-refractivity contribution >= 4 is 23.2 Å². The van der Waals surface area contributed by atoms with Crippen LogP contribution < -0.4 is 10.2 Å². The Morgan fingerprint density at radius 1 is 0.972 bits per heavy atom. The highest BCUT2D eigenvalue weighted by Gasteiger charge is 2.37. The number of amides is 2. The van der Waals surface area contributed by atoms with Crippen molar-refractivity contribution in [1.82, 2.24) is 10.1 Å². The van der Waals surface area contributed by atoms with Gasteiger partial charge in [-0.25, -0.2) is 0 Å². The molecule has 1 aromatic heterocycles. The lowest BCUT2D eigenvalue weighted by Crippen LogP contribution is -2.28. The number of nitrogens with one attached hydrogen (secondary N) is 1. The van der Waals surface area contributed by atoms with Gasteiger partial charge in [0.05, 0.1) is 11.5 Å². The van der Waals surface area contributed by atoms with Crippen molar-refractivity contribution in [3.63, 3.8) is 0 Å². The summed E-state index contributed by atoms with van der Waals surface area (Å²) < 4.78 is 44.4. The summed E-state index contributed by atoms with van der Waals surface area (Å²) in [5, 5.41) is 6.75. The van der Waals surface area contributed by atoms with Crippen LogP contribution in [-0.4, -0.2) is 28.5 Å². The lowest BCUT2D eigenvalue weighted by Gasteiger charge is -2.18. The van der Waals surface area contributed by atoms with E-state index in [1.165, 1.54) is 17.0 Å². The summed E-state index contributed by atoms with van der Waals surface area (Å²) in [6.45, 7) is -0.00565. The summed E-state index contributed by atoms with van der Waals surface area (Å²) in [4.78, 5) is 30.8. The van der Waals surface area contributed by atoms with Crippen molar-refractivity contribution in [3.05, 3.63) is 84.4 Å². The minimum atomic E-state index is -4.52. The maximum absolute atomic E-state index is 13.0. The first-order valence-electron chi connectivity index (χ1n) is 11.1. The average Bonchev–Trinajstić information content (AvgIpc) is 3.52. The number of carbonyl (C=O) groups excluding carboxylic acids is 2. The molecule has 0 radical (unpaired) electrons. The number of hydrogen-bond donors (Lipinski definition) is 1. The van der Waals surface area contributed by atoms with E-state index in [4.69, 9.17) is 4.52 Å². The molecule has 36 heavy (non-hydrogen) atoms. The number of nitrogens with zero attached hydrogens (tertiary/aromatic N) is 3. The van der Waals surface area contributed by atoms with E-state index in [9.17, 15) is 22.8 Å². The molecule has 5 rings (SSSR count). The molecular formula is C26H19F3N4O3. The van der Waals surface area contributed by atoms with Gasteiger partial charge in [0.1, 0.15) is 0 Å². The predicted molar refractivity (Wildman–Crippen MR) is 126 cm³/mol. The zero-order valence-electron chi connectivity index (χ0n) is 18.7. The van der Waals surface area contributed by atoms with Crippen LogP contribution in [0.5, 0.6) is 0 Å². The number of alkyl halides is 3. The number of aromatic nitrogens is 2.